The van der Waals surface area contributed by atoms with Gasteiger partial charge in [0, 0.05) is 71.1 Å². The van der Waals surface area contributed by atoms with Crippen molar-refractivity contribution in [2.24, 2.45) is 5.92 Å². The number of carbonyl (C=O) groups excluding carboxylic acids is 4. The number of carbonyl (C=O) groups is 4. The summed E-state index contributed by atoms with van der Waals surface area (Å²) in [7, 11) is 0. The summed E-state index contributed by atoms with van der Waals surface area (Å²) in [6.45, 7) is 11.5. The van der Waals surface area contributed by atoms with Crippen LogP contribution in [0.4, 0.5) is 4.79 Å². The van der Waals surface area contributed by atoms with E-state index < -0.39 is 0 Å². The fourth-order valence-electron chi connectivity index (χ4n) is 3.81. The Hall–Kier alpha value is -2.32. The van der Waals surface area contributed by atoms with Gasteiger partial charge in [-0.15, -0.1) is 0 Å². The van der Waals surface area contributed by atoms with Crippen molar-refractivity contribution in [2.45, 2.75) is 58.9 Å². The molecule has 0 aromatic heterocycles. The van der Waals surface area contributed by atoms with Crippen LogP contribution in [-0.2, 0) is 14.4 Å². The summed E-state index contributed by atoms with van der Waals surface area (Å²) >= 11 is 0. The van der Waals surface area contributed by atoms with Gasteiger partial charge in [0.05, 0.1) is 0 Å². The lowest BCUT2D eigenvalue weighted by Crippen LogP contribution is -2.50. The van der Waals surface area contributed by atoms with Crippen molar-refractivity contribution in [3.05, 3.63) is 0 Å². The standard InChI is InChI=1S/C21H37N5O4/c1-16(27)24-11-13-26(14-12-24)19(29)6-5-18(28)25-9-7-17(8-10-25)15-22-20(30)23-21(2,3)4/h17H,5-15H2,1-4H3,(H2,22,23,30). The van der Waals surface area contributed by atoms with Crippen molar-refractivity contribution in [1.82, 2.24) is 25.3 Å². The van der Waals surface area contributed by atoms with Crippen molar-refractivity contribution >= 4 is 23.8 Å². The molecule has 0 unspecified atom stereocenters. The minimum Gasteiger partial charge on any atom is -0.343 e. The van der Waals surface area contributed by atoms with E-state index in [0.29, 0.717) is 51.7 Å². The second-order valence-electron chi connectivity index (χ2n) is 9.30. The Labute approximate surface area is 179 Å². The van der Waals surface area contributed by atoms with Crippen LogP contribution in [0.1, 0.15) is 53.4 Å². The molecule has 30 heavy (non-hydrogen) atoms. The highest BCUT2D eigenvalue weighted by Gasteiger charge is 2.26. The van der Waals surface area contributed by atoms with Crippen LogP contribution < -0.4 is 10.6 Å². The lowest BCUT2D eigenvalue weighted by molar-refractivity contribution is -0.140. The molecule has 0 radical (unpaired) electrons. The maximum atomic E-state index is 12.5. The highest BCUT2D eigenvalue weighted by atomic mass is 16.2. The minimum absolute atomic E-state index is 0.0163. The fourth-order valence-corrected chi connectivity index (χ4v) is 3.81. The Morgan fingerprint density at radius 3 is 1.73 bits per heavy atom. The molecule has 0 bridgehead atoms. The third-order valence-electron chi connectivity index (χ3n) is 5.64. The third-order valence-corrected chi connectivity index (χ3v) is 5.64. The number of urea groups is 1. The molecule has 0 saturated carbocycles. The molecule has 2 heterocycles. The second-order valence-corrected chi connectivity index (χ2v) is 9.30. The molecule has 0 aliphatic carbocycles. The highest BCUT2D eigenvalue weighted by Crippen LogP contribution is 2.18. The van der Waals surface area contributed by atoms with Crippen LogP contribution in [0.25, 0.3) is 0 Å². The van der Waals surface area contributed by atoms with E-state index in [2.05, 4.69) is 10.6 Å². The third kappa shape index (κ3) is 7.84. The number of nitrogens with one attached hydrogen (secondary N) is 2. The van der Waals surface area contributed by atoms with E-state index >= 15 is 0 Å². The topological polar surface area (TPSA) is 102 Å². The Balaban J connectivity index is 1.63. The van der Waals surface area contributed by atoms with Crippen LogP contribution in [0.15, 0.2) is 0 Å². The average molecular weight is 424 g/mol. The Kier molecular flexibility index (Phi) is 8.49. The maximum absolute atomic E-state index is 12.5. The van der Waals surface area contributed by atoms with Gasteiger partial charge in [-0.05, 0) is 39.5 Å². The quantitative estimate of drug-likeness (QED) is 0.683. The molecule has 0 aromatic rings. The van der Waals surface area contributed by atoms with Gasteiger partial charge in [0.15, 0.2) is 0 Å². The summed E-state index contributed by atoms with van der Waals surface area (Å²) < 4.78 is 0. The molecule has 9 nitrogen and oxygen atoms in total. The lowest BCUT2D eigenvalue weighted by Gasteiger charge is -2.35. The summed E-state index contributed by atoms with van der Waals surface area (Å²) in [5.41, 5.74) is -0.266. The van der Waals surface area contributed by atoms with Gasteiger partial charge in [-0.25, -0.2) is 4.79 Å². The Morgan fingerprint density at radius 1 is 0.800 bits per heavy atom. The van der Waals surface area contributed by atoms with Crippen molar-refractivity contribution in [3.63, 3.8) is 0 Å². The van der Waals surface area contributed by atoms with E-state index in [0.717, 1.165) is 12.8 Å². The molecule has 0 atom stereocenters. The number of piperazine rings is 1. The summed E-state index contributed by atoms with van der Waals surface area (Å²) in [5.74, 6) is 0.391. The molecular weight excluding hydrogens is 386 g/mol. The van der Waals surface area contributed by atoms with Crippen LogP contribution in [0.3, 0.4) is 0 Å². The summed E-state index contributed by atoms with van der Waals surface area (Å²) in [5, 5.41) is 5.79. The SMILES string of the molecule is CC(=O)N1CCN(C(=O)CCC(=O)N2CCC(CNC(=O)NC(C)(C)C)CC2)CC1. The predicted molar refractivity (Wildman–Crippen MR) is 114 cm³/mol. The van der Waals surface area contributed by atoms with Crippen LogP contribution >= 0.6 is 0 Å². The largest absolute Gasteiger partial charge is 0.343 e. The summed E-state index contributed by atoms with van der Waals surface area (Å²) in [6.07, 6.45) is 2.14. The van der Waals surface area contributed by atoms with E-state index in [1.54, 1.807) is 9.80 Å². The molecule has 2 aliphatic rings. The van der Waals surface area contributed by atoms with Crippen LogP contribution in [0.2, 0.25) is 0 Å². The molecular formula is C21H37N5O4. The van der Waals surface area contributed by atoms with E-state index in [9.17, 15) is 19.2 Å². The number of hydrogen-bond donors (Lipinski definition) is 2. The summed E-state index contributed by atoms with van der Waals surface area (Å²) in [6, 6.07) is -0.163. The van der Waals surface area contributed by atoms with E-state index in [-0.39, 0.29) is 42.1 Å². The van der Waals surface area contributed by atoms with Crippen LogP contribution in [-0.4, -0.2) is 89.8 Å². The molecule has 9 heteroatoms. The first-order valence-electron chi connectivity index (χ1n) is 10.9. The Morgan fingerprint density at radius 2 is 1.27 bits per heavy atom. The van der Waals surface area contributed by atoms with Crippen molar-refractivity contribution in [1.29, 1.82) is 0 Å². The summed E-state index contributed by atoms with van der Waals surface area (Å²) in [4.78, 5) is 53.4. The van der Waals surface area contributed by atoms with Gasteiger partial charge in [-0.1, -0.05) is 0 Å². The van der Waals surface area contributed by atoms with Gasteiger partial charge >= 0.3 is 6.03 Å². The highest BCUT2D eigenvalue weighted by molar-refractivity contribution is 5.84. The molecule has 2 N–H and O–H groups in total. The first-order valence-corrected chi connectivity index (χ1v) is 10.9. The number of piperidine rings is 1. The van der Waals surface area contributed by atoms with Crippen molar-refractivity contribution in [2.75, 3.05) is 45.8 Å². The molecule has 0 spiro atoms. The molecule has 2 fully saturated rings. The predicted octanol–water partition coefficient (Wildman–Crippen LogP) is 0.794. The smallest absolute Gasteiger partial charge is 0.315 e. The first kappa shape index (κ1) is 24.0. The molecule has 170 valence electrons. The first-order chi connectivity index (χ1) is 14.0. The minimum atomic E-state index is -0.266. The second kappa shape index (κ2) is 10.6. The number of amides is 5. The Bertz CT molecular complexity index is 630. The van der Waals surface area contributed by atoms with Crippen molar-refractivity contribution < 1.29 is 19.2 Å². The number of hydrogen-bond acceptors (Lipinski definition) is 4. The van der Waals surface area contributed by atoms with E-state index in [4.69, 9.17) is 0 Å². The molecule has 2 saturated heterocycles. The molecule has 0 aromatic carbocycles. The zero-order chi connectivity index (χ0) is 22.3. The average Bonchev–Trinajstić information content (AvgIpc) is 2.69. The normalized spacial score (nSPS) is 18.2. The molecule has 2 rings (SSSR count). The van der Waals surface area contributed by atoms with Gasteiger partial charge in [0.2, 0.25) is 17.7 Å². The van der Waals surface area contributed by atoms with Gasteiger partial charge in [0.1, 0.15) is 0 Å². The fraction of sp³-hybridized carbons (Fsp3) is 0.810. The number of likely N-dealkylation sites (tertiary alicyclic amines) is 1. The van der Waals surface area contributed by atoms with Crippen LogP contribution in [0, 0.1) is 5.92 Å². The van der Waals surface area contributed by atoms with E-state index in [1.807, 2.05) is 25.7 Å². The van der Waals surface area contributed by atoms with Gasteiger partial charge in [-0.3, -0.25) is 14.4 Å². The van der Waals surface area contributed by atoms with Gasteiger partial charge in [0.25, 0.3) is 0 Å². The monoisotopic (exact) mass is 423 g/mol. The van der Waals surface area contributed by atoms with Gasteiger partial charge < -0.3 is 25.3 Å². The van der Waals surface area contributed by atoms with Crippen molar-refractivity contribution in [3.8, 4) is 0 Å². The zero-order valence-corrected chi connectivity index (χ0v) is 18.8. The molecule has 5 amide bonds. The maximum Gasteiger partial charge on any atom is 0.315 e. The number of nitrogens with zero attached hydrogens (tertiary/aromatic N) is 3. The molecule has 2 aliphatic heterocycles. The lowest BCUT2D eigenvalue weighted by atomic mass is 9.96. The zero-order valence-electron chi connectivity index (χ0n) is 18.8. The van der Waals surface area contributed by atoms with Crippen LogP contribution in [0.5, 0.6) is 0 Å². The van der Waals surface area contributed by atoms with Gasteiger partial charge in [-0.2, -0.15) is 0 Å². The number of rotatable bonds is 5. The van der Waals surface area contributed by atoms with E-state index in [1.165, 1.54) is 6.92 Å².